The van der Waals surface area contributed by atoms with Crippen LogP contribution in [0.5, 0.6) is 0 Å². The normalized spacial score (nSPS) is 23.7. The van der Waals surface area contributed by atoms with Gasteiger partial charge in [-0.05, 0) is 18.1 Å². The van der Waals surface area contributed by atoms with E-state index >= 15 is 0 Å². The molecular formula is C13H20N2OS2. The first-order chi connectivity index (χ1) is 8.45. The van der Waals surface area contributed by atoms with Gasteiger partial charge >= 0.3 is 0 Å². The Hall–Kier alpha value is -0.680. The van der Waals surface area contributed by atoms with Crippen molar-refractivity contribution in [1.29, 1.82) is 0 Å². The Kier molecular flexibility index (Phi) is 3.92. The topological polar surface area (TPSA) is 46.3 Å². The van der Waals surface area contributed by atoms with E-state index in [0.717, 1.165) is 18.0 Å². The summed E-state index contributed by atoms with van der Waals surface area (Å²) >= 11 is 3.19. The average molecular weight is 284 g/mol. The molecular weight excluding hydrogens is 264 g/mol. The van der Waals surface area contributed by atoms with Crippen molar-refractivity contribution in [2.45, 2.75) is 25.7 Å². The lowest BCUT2D eigenvalue weighted by atomic mass is 10.0. The summed E-state index contributed by atoms with van der Waals surface area (Å²) in [4.78, 5) is 15.8. The molecule has 0 saturated carbocycles. The predicted molar refractivity (Wildman–Crippen MR) is 81.1 cm³/mol. The van der Waals surface area contributed by atoms with Crippen LogP contribution >= 0.6 is 23.1 Å². The maximum atomic E-state index is 11.6. The first-order valence-corrected chi connectivity index (χ1v) is 8.22. The van der Waals surface area contributed by atoms with E-state index in [-0.39, 0.29) is 5.78 Å². The molecule has 0 bridgehead atoms. The molecule has 2 heterocycles. The lowest BCUT2D eigenvalue weighted by molar-refractivity contribution is 0.102. The van der Waals surface area contributed by atoms with E-state index in [2.05, 4.69) is 18.7 Å². The molecule has 2 N–H and O–H groups in total. The number of nitrogens with two attached hydrogens (primary N) is 1. The van der Waals surface area contributed by atoms with Crippen LogP contribution in [0.3, 0.4) is 0 Å². The molecule has 3 nitrogen and oxygen atoms in total. The van der Waals surface area contributed by atoms with Crippen molar-refractivity contribution in [2.75, 3.05) is 30.0 Å². The molecule has 1 aromatic heterocycles. The van der Waals surface area contributed by atoms with Crippen LogP contribution in [0.2, 0.25) is 0 Å². The fraction of sp³-hybridized carbons (Fsp3) is 0.615. The number of anilines is 2. The summed E-state index contributed by atoms with van der Waals surface area (Å²) in [7, 11) is 0. The number of ketones is 1. The van der Waals surface area contributed by atoms with Gasteiger partial charge in [0, 0.05) is 20.0 Å². The Bertz CT molecular complexity index is 460. The van der Waals surface area contributed by atoms with Gasteiger partial charge in [-0.25, -0.2) is 0 Å². The highest BCUT2D eigenvalue weighted by Crippen LogP contribution is 2.45. The van der Waals surface area contributed by atoms with Gasteiger partial charge in [-0.15, -0.1) is 23.1 Å². The largest absolute Gasteiger partial charge is 0.396 e. The molecule has 1 aliphatic heterocycles. The molecule has 1 fully saturated rings. The van der Waals surface area contributed by atoms with Crippen LogP contribution < -0.4 is 10.6 Å². The number of hydrogen-bond donors (Lipinski definition) is 1. The summed E-state index contributed by atoms with van der Waals surface area (Å²) in [5.41, 5.74) is 6.76. The van der Waals surface area contributed by atoms with Crippen LogP contribution in [0.1, 0.15) is 30.4 Å². The van der Waals surface area contributed by atoms with Gasteiger partial charge < -0.3 is 10.6 Å². The zero-order valence-corrected chi connectivity index (χ0v) is 13.0. The molecule has 18 heavy (non-hydrogen) atoms. The fourth-order valence-electron chi connectivity index (χ4n) is 2.38. The van der Waals surface area contributed by atoms with Crippen LogP contribution in [-0.2, 0) is 0 Å². The molecule has 0 radical (unpaired) electrons. The third-order valence-corrected chi connectivity index (χ3v) is 6.00. The molecule has 100 valence electrons. The summed E-state index contributed by atoms with van der Waals surface area (Å²) in [6.07, 6.45) is 2.02. The van der Waals surface area contributed by atoms with Gasteiger partial charge in [0.25, 0.3) is 0 Å². The minimum Gasteiger partial charge on any atom is -0.396 e. The minimum atomic E-state index is 0.0688. The number of hydrogen-bond acceptors (Lipinski definition) is 5. The van der Waals surface area contributed by atoms with Gasteiger partial charge in [-0.1, -0.05) is 13.8 Å². The monoisotopic (exact) mass is 284 g/mol. The molecule has 0 aliphatic carbocycles. The van der Waals surface area contributed by atoms with Crippen molar-refractivity contribution in [3.05, 3.63) is 4.88 Å². The predicted octanol–water partition coefficient (Wildman–Crippen LogP) is 3.35. The van der Waals surface area contributed by atoms with E-state index in [9.17, 15) is 4.79 Å². The van der Waals surface area contributed by atoms with Gasteiger partial charge in [0.15, 0.2) is 5.78 Å². The Labute approximate surface area is 117 Å². The second-order valence-electron chi connectivity index (χ2n) is 5.10. The third-order valence-electron chi connectivity index (χ3n) is 3.68. The van der Waals surface area contributed by atoms with E-state index in [1.165, 1.54) is 5.00 Å². The molecule has 0 aromatic carbocycles. The minimum absolute atomic E-state index is 0.0688. The summed E-state index contributed by atoms with van der Waals surface area (Å²) in [5.74, 6) is 1.46. The lowest BCUT2D eigenvalue weighted by Crippen LogP contribution is -2.18. The standard InChI is InChI=1S/C13H20N2OS2/c1-7-5-15(6-8(7)2)13-12(17-4)10(14)11(18-13)9(3)16/h7-8H,5-6,14H2,1-4H3. The summed E-state index contributed by atoms with van der Waals surface area (Å²) in [5, 5.41) is 1.18. The van der Waals surface area contributed by atoms with Crippen LogP contribution in [0.25, 0.3) is 0 Å². The van der Waals surface area contributed by atoms with Crippen molar-refractivity contribution < 1.29 is 4.79 Å². The molecule has 5 heteroatoms. The van der Waals surface area contributed by atoms with Crippen LogP contribution in [0.15, 0.2) is 4.90 Å². The van der Waals surface area contributed by atoms with Gasteiger partial charge in [0.05, 0.1) is 15.5 Å². The Morgan fingerprint density at radius 3 is 2.39 bits per heavy atom. The number of nitrogens with zero attached hydrogens (tertiary/aromatic N) is 1. The van der Waals surface area contributed by atoms with Crippen molar-refractivity contribution in [2.24, 2.45) is 11.8 Å². The Morgan fingerprint density at radius 2 is 1.94 bits per heavy atom. The van der Waals surface area contributed by atoms with Crippen LogP contribution in [-0.4, -0.2) is 25.1 Å². The number of thiophene rings is 1. The number of nitrogen functional groups attached to an aromatic ring is 1. The first kappa shape index (κ1) is 13.7. The van der Waals surface area contributed by atoms with Crippen molar-refractivity contribution in [3.8, 4) is 0 Å². The molecule has 1 aliphatic rings. The first-order valence-electron chi connectivity index (χ1n) is 6.17. The summed E-state index contributed by atoms with van der Waals surface area (Å²) < 4.78 is 0. The number of rotatable bonds is 3. The van der Waals surface area contributed by atoms with Gasteiger partial charge in [0.2, 0.25) is 0 Å². The second kappa shape index (κ2) is 5.13. The highest BCUT2D eigenvalue weighted by molar-refractivity contribution is 7.99. The number of carbonyl (C=O) groups excluding carboxylic acids is 1. The summed E-state index contributed by atoms with van der Waals surface area (Å²) in [6, 6.07) is 0. The zero-order chi connectivity index (χ0) is 13.4. The van der Waals surface area contributed by atoms with Crippen LogP contribution in [0.4, 0.5) is 10.7 Å². The third kappa shape index (κ3) is 2.26. The zero-order valence-electron chi connectivity index (χ0n) is 11.3. The van der Waals surface area contributed by atoms with Gasteiger partial charge in [-0.2, -0.15) is 0 Å². The molecule has 2 atom stereocenters. The molecule has 0 spiro atoms. The summed E-state index contributed by atoms with van der Waals surface area (Å²) in [6.45, 7) is 8.28. The van der Waals surface area contributed by atoms with Gasteiger partial charge in [-0.3, -0.25) is 4.79 Å². The highest BCUT2D eigenvalue weighted by Gasteiger charge is 2.30. The van der Waals surface area contributed by atoms with Crippen molar-refractivity contribution in [1.82, 2.24) is 0 Å². The molecule has 0 amide bonds. The lowest BCUT2D eigenvalue weighted by Gasteiger charge is -2.17. The molecule has 1 saturated heterocycles. The number of thioether (sulfide) groups is 1. The van der Waals surface area contributed by atoms with Gasteiger partial charge in [0.1, 0.15) is 5.00 Å². The molecule has 2 unspecified atom stereocenters. The van der Waals surface area contributed by atoms with E-state index in [1.54, 1.807) is 30.0 Å². The Balaban J connectivity index is 2.39. The smallest absolute Gasteiger partial charge is 0.171 e. The van der Waals surface area contributed by atoms with Crippen LogP contribution in [0, 0.1) is 11.8 Å². The average Bonchev–Trinajstić information content (AvgIpc) is 2.80. The quantitative estimate of drug-likeness (QED) is 0.683. The van der Waals surface area contributed by atoms with Crippen molar-refractivity contribution in [3.63, 3.8) is 0 Å². The Morgan fingerprint density at radius 1 is 1.39 bits per heavy atom. The molecule has 2 rings (SSSR count). The number of Topliss-reactive ketones (excluding diaryl/α,β-unsaturated/α-hetero) is 1. The maximum absolute atomic E-state index is 11.6. The van der Waals surface area contributed by atoms with E-state index < -0.39 is 0 Å². The fourth-order valence-corrected chi connectivity index (χ4v) is 4.47. The molecule has 1 aromatic rings. The SMILES string of the molecule is CSc1c(N2CC(C)C(C)C2)sc(C(C)=O)c1N. The van der Waals surface area contributed by atoms with Crippen molar-refractivity contribution >= 4 is 39.6 Å². The van der Waals surface area contributed by atoms with E-state index in [0.29, 0.717) is 22.4 Å². The number of carbonyl (C=O) groups is 1. The highest BCUT2D eigenvalue weighted by atomic mass is 32.2. The van der Waals surface area contributed by atoms with E-state index in [4.69, 9.17) is 5.73 Å². The van der Waals surface area contributed by atoms with E-state index in [1.807, 2.05) is 6.26 Å². The maximum Gasteiger partial charge on any atom is 0.171 e. The second-order valence-corrected chi connectivity index (χ2v) is 6.91.